The van der Waals surface area contributed by atoms with Crippen LogP contribution in [0.2, 0.25) is 5.02 Å². The molecule has 1 atom stereocenters. The van der Waals surface area contributed by atoms with Gasteiger partial charge in [-0.2, -0.15) is 0 Å². The lowest BCUT2D eigenvalue weighted by Crippen LogP contribution is -2.42. The number of ether oxygens (including phenoxy) is 1. The highest BCUT2D eigenvalue weighted by atomic mass is 35.5. The Hall–Kier alpha value is -0.970. The summed E-state index contributed by atoms with van der Waals surface area (Å²) in [6.45, 7) is 0.819. The summed E-state index contributed by atoms with van der Waals surface area (Å²) in [6, 6.07) is 7.34. The van der Waals surface area contributed by atoms with Gasteiger partial charge in [0, 0.05) is 12.6 Å². The van der Waals surface area contributed by atoms with Crippen LogP contribution in [0, 0.1) is 5.92 Å². The Bertz CT molecular complexity index is 439. The maximum atomic E-state index is 11.7. The first kappa shape index (κ1) is 17.1. The number of carbonyl (C=O) groups is 1. The number of nitrogens with one attached hydrogen (secondary N) is 1. The minimum absolute atomic E-state index is 0. The van der Waals surface area contributed by atoms with Crippen LogP contribution in [0.5, 0.6) is 5.75 Å². The first-order chi connectivity index (χ1) is 9.20. The van der Waals surface area contributed by atoms with Crippen LogP contribution in [0.1, 0.15) is 19.3 Å². The van der Waals surface area contributed by atoms with E-state index in [0.717, 1.165) is 12.8 Å². The van der Waals surface area contributed by atoms with Crippen LogP contribution in [-0.4, -0.2) is 25.1 Å². The van der Waals surface area contributed by atoms with E-state index in [4.69, 9.17) is 22.1 Å². The van der Waals surface area contributed by atoms with Gasteiger partial charge in [-0.05, 0) is 30.9 Å². The second-order valence-electron chi connectivity index (χ2n) is 4.78. The van der Waals surface area contributed by atoms with Crippen molar-refractivity contribution in [1.82, 2.24) is 5.32 Å². The van der Waals surface area contributed by atoms with Crippen molar-refractivity contribution in [3.8, 4) is 5.75 Å². The molecule has 1 aromatic carbocycles. The second-order valence-corrected chi connectivity index (χ2v) is 5.18. The molecule has 3 N–H and O–H groups in total. The van der Waals surface area contributed by atoms with Crippen molar-refractivity contribution >= 4 is 29.9 Å². The van der Waals surface area contributed by atoms with Gasteiger partial charge in [-0.3, -0.25) is 4.79 Å². The molecule has 1 unspecified atom stereocenters. The predicted molar refractivity (Wildman–Crippen MR) is 82.5 cm³/mol. The maximum Gasteiger partial charge on any atom is 0.223 e. The average Bonchev–Trinajstić information content (AvgIpc) is 3.22. The van der Waals surface area contributed by atoms with Gasteiger partial charge in [0.05, 0.1) is 18.1 Å². The molecular formula is C14H20Cl2N2O2. The van der Waals surface area contributed by atoms with Crippen molar-refractivity contribution in [3.63, 3.8) is 0 Å². The molecule has 1 fully saturated rings. The molecule has 0 bridgehead atoms. The molecule has 6 heteroatoms. The summed E-state index contributed by atoms with van der Waals surface area (Å²) in [7, 11) is 0. The van der Waals surface area contributed by atoms with Crippen molar-refractivity contribution in [2.45, 2.75) is 25.3 Å². The molecule has 1 aromatic rings. The van der Waals surface area contributed by atoms with Crippen LogP contribution in [-0.2, 0) is 4.79 Å². The summed E-state index contributed by atoms with van der Waals surface area (Å²) >= 11 is 5.95. The van der Waals surface area contributed by atoms with Gasteiger partial charge < -0.3 is 15.8 Å². The van der Waals surface area contributed by atoms with Gasteiger partial charge in [-0.15, -0.1) is 12.4 Å². The van der Waals surface area contributed by atoms with E-state index >= 15 is 0 Å². The third-order valence-corrected chi connectivity index (χ3v) is 3.53. The van der Waals surface area contributed by atoms with E-state index in [2.05, 4.69) is 5.32 Å². The number of nitrogens with two attached hydrogens (primary N) is 1. The molecule has 0 aromatic heterocycles. The van der Waals surface area contributed by atoms with Crippen LogP contribution in [0.4, 0.5) is 0 Å². The first-order valence-corrected chi connectivity index (χ1v) is 6.95. The maximum absolute atomic E-state index is 11.7. The zero-order chi connectivity index (χ0) is 13.7. The highest BCUT2D eigenvalue weighted by Gasteiger charge is 2.31. The number of carbonyl (C=O) groups excluding carboxylic acids is 1. The van der Waals surface area contributed by atoms with Crippen molar-refractivity contribution in [2.75, 3.05) is 13.2 Å². The van der Waals surface area contributed by atoms with E-state index in [1.165, 1.54) is 0 Å². The Morgan fingerprint density at radius 1 is 1.45 bits per heavy atom. The summed E-state index contributed by atoms with van der Waals surface area (Å²) in [5.74, 6) is 1.15. The number of amides is 1. The number of hydrogen-bond acceptors (Lipinski definition) is 3. The van der Waals surface area contributed by atoms with Crippen LogP contribution < -0.4 is 15.8 Å². The summed E-state index contributed by atoms with van der Waals surface area (Å²) in [4.78, 5) is 11.7. The van der Waals surface area contributed by atoms with Crippen molar-refractivity contribution in [3.05, 3.63) is 29.3 Å². The van der Waals surface area contributed by atoms with Crippen LogP contribution in [0.25, 0.3) is 0 Å². The number of para-hydroxylation sites is 1. The molecule has 1 aliphatic rings. The Labute approximate surface area is 130 Å². The third-order valence-electron chi connectivity index (χ3n) is 3.21. The molecule has 1 aliphatic carbocycles. The normalized spacial score (nSPS) is 15.1. The van der Waals surface area contributed by atoms with Gasteiger partial charge in [0.2, 0.25) is 5.91 Å². The number of halogens is 2. The van der Waals surface area contributed by atoms with Crippen LogP contribution in [0.3, 0.4) is 0 Å². The third kappa shape index (κ3) is 5.19. The fourth-order valence-corrected chi connectivity index (χ4v) is 2.15. The van der Waals surface area contributed by atoms with Crippen molar-refractivity contribution in [1.29, 1.82) is 0 Å². The first-order valence-electron chi connectivity index (χ1n) is 6.57. The largest absolute Gasteiger partial charge is 0.491 e. The molecular weight excluding hydrogens is 299 g/mol. The molecule has 112 valence electrons. The molecule has 0 radical (unpaired) electrons. The minimum Gasteiger partial charge on any atom is -0.491 e. The number of hydrogen-bond donors (Lipinski definition) is 2. The highest BCUT2D eigenvalue weighted by Crippen LogP contribution is 2.32. The lowest BCUT2D eigenvalue weighted by molar-refractivity contribution is -0.122. The Morgan fingerprint density at radius 2 is 2.15 bits per heavy atom. The number of benzene rings is 1. The van der Waals surface area contributed by atoms with E-state index in [1.54, 1.807) is 12.1 Å². The molecule has 1 saturated carbocycles. The topological polar surface area (TPSA) is 64.3 Å². The van der Waals surface area contributed by atoms with Gasteiger partial charge >= 0.3 is 0 Å². The molecule has 1 amide bonds. The van der Waals surface area contributed by atoms with Gasteiger partial charge in [-0.1, -0.05) is 23.7 Å². The smallest absolute Gasteiger partial charge is 0.223 e. The van der Waals surface area contributed by atoms with Gasteiger partial charge in [0.1, 0.15) is 5.75 Å². The Balaban J connectivity index is 0.00000200. The fourth-order valence-electron chi connectivity index (χ4n) is 1.96. The average molecular weight is 319 g/mol. The predicted octanol–water partition coefficient (Wildman–Crippen LogP) is 2.38. The quantitative estimate of drug-likeness (QED) is 0.811. The lowest BCUT2D eigenvalue weighted by atomic mass is 10.2. The van der Waals surface area contributed by atoms with E-state index in [9.17, 15) is 4.79 Å². The molecule has 4 nitrogen and oxygen atoms in total. The van der Waals surface area contributed by atoms with E-state index < -0.39 is 0 Å². The molecule has 0 heterocycles. The van der Waals surface area contributed by atoms with Gasteiger partial charge in [-0.25, -0.2) is 0 Å². The Kier molecular flexibility index (Phi) is 7.13. The summed E-state index contributed by atoms with van der Waals surface area (Å²) in [5, 5.41) is 3.51. The summed E-state index contributed by atoms with van der Waals surface area (Å²) in [6.07, 6.45) is 2.64. The number of rotatable bonds is 7. The highest BCUT2D eigenvalue weighted by molar-refractivity contribution is 6.32. The van der Waals surface area contributed by atoms with Gasteiger partial charge in [0.15, 0.2) is 0 Å². The zero-order valence-electron chi connectivity index (χ0n) is 11.2. The van der Waals surface area contributed by atoms with E-state index in [-0.39, 0.29) is 24.4 Å². The zero-order valence-corrected chi connectivity index (χ0v) is 12.8. The van der Waals surface area contributed by atoms with Gasteiger partial charge in [0.25, 0.3) is 0 Å². The molecule has 2 rings (SSSR count). The standard InChI is InChI=1S/C14H19ClN2O2.ClH/c15-11-3-1-2-4-13(11)19-8-7-14(18)17-12(9-16)10-5-6-10;/h1-4,10,12H,5-9,16H2,(H,17,18);1H. The summed E-state index contributed by atoms with van der Waals surface area (Å²) < 4.78 is 5.47. The second kappa shape index (κ2) is 8.35. The SMILES string of the molecule is Cl.NCC(NC(=O)CCOc1ccccc1Cl)C1CC1. The molecule has 20 heavy (non-hydrogen) atoms. The van der Waals surface area contributed by atoms with Crippen molar-refractivity contribution in [2.24, 2.45) is 11.7 Å². The monoisotopic (exact) mass is 318 g/mol. The minimum atomic E-state index is -0.0191. The summed E-state index contributed by atoms with van der Waals surface area (Å²) in [5.41, 5.74) is 5.64. The molecule has 0 spiro atoms. The van der Waals surface area contributed by atoms with E-state index in [1.807, 2.05) is 12.1 Å². The fraction of sp³-hybridized carbons (Fsp3) is 0.500. The molecule has 0 saturated heterocycles. The van der Waals surface area contributed by atoms with Crippen LogP contribution in [0.15, 0.2) is 24.3 Å². The lowest BCUT2D eigenvalue weighted by Gasteiger charge is -2.16. The van der Waals surface area contributed by atoms with Crippen LogP contribution >= 0.6 is 24.0 Å². The molecule has 0 aliphatic heterocycles. The van der Waals surface area contributed by atoms with Crippen molar-refractivity contribution < 1.29 is 9.53 Å². The Morgan fingerprint density at radius 3 is 2.75 bits per heavy atom. The van der Waals surface area contributed by atoms with E-state index in [0.29, 0.717) is 36.3 Å².